The monoisotopic (exact) mass is 556 g/mol. The highest BCUT2D eigenvalue weighted by molar-refractivity contribution is 7.17. The van der Waals surface area contributed by atoms with Gasteiger partial charge in [-0.15, -0.1) is 11.3 Å². The first kappa shape index (κ1) is 27.7. The molecule has 1 N–H and O–H groups in total. The van der Waals surface area contributed by atoms with Gasteiger partial charge in [-0.05, 0) is 75.2 Å². The standard InChI is InChI=1S/C33H36N2O4S/c1-6-35(31(37)39-32(2,3)4)20-19-33(17-8-7-9-18-33)23-12-10-22(11-13-23)27-26(38-5)15-14-25-28(27)24-16-21-40-29(24)30(36)34-25/h7-17,21H,6,18-20H2,1-5H3,(H,34,36). The van der Waals surface area contributed by atoms with E-state index in [9.17, 15) is 9.59 Å². The van der Waals surface area contributed by atoms with Gasteiger partial charge >= 0.3 is 6.09 Å². The zero-order valence-corrected chi connectivity index (χ0v) is 24.6. The second-order valence-corrected chi connectivity index (χ2v) is 12.1. The topological polar surface area (TPSA) is 71.6 Å². The summed E-state index contributed by atoms with van der Waals surface area (Å²) in [6.07, 6.45) is 9.96. The molecule has 0 bridgehead atoms. The highest BCUT2D eigenvalue weighted by Crippen LogP contribution is 2.42. The number of nitrogens with zero attached hydrogens (tertiary/aromatic N) is 1. The number of hydrogen-bond acceptors (Lipinski definition) is 5. The average molecular weight is 557 g/mol. The summed E-state index contributed by atoms with van der Waals surface area (Å²) in [5, 5.41) is 3.87. The van der Waals surface area contributed by atoms with Crippen molar-refractivity contribution in [1.29, 1.82) is 0 Å². The van der Waals surface area contributed by atoms with Gasteiger partial charge in [-0.3, -0.25) is 4.79 Å². The molecule has 1 aliphatic rings. The molecule has 2 aromatic heterocycles. The van der Waals surface area contributed by atoms with E-state index in [4.69, 9.17) is 9.47 Å². The molecule has 6 nitrogen and oxygen atoms in total. The van der Waals surface area contributed by atoms with E-state index in [-0.39, 0.29) is 17.1 Å². The van der Waals surface area contributed by atoms with E-state index in [0.29, 0.717) is 17.8 Å². The summed E-state index contributed by atoms with van der Waals surface area (Å²) in [7, 11) is 1.67. The Labute approximate surface area is 238 Å². The predicted octanol–water partition coefficient (Wildman–Crippen LogP) is 7.82. The Morgan fingerprint density at radius 3 is 2.52 bits per heavy atom. The SMILES string of the molecule is CCN(CCC1(c2ccc(-c3c(OC)ccc4[nH]c(=O)c5sccc5c34)cc2)C=CC=CC1)C(=O)OC(C)(C)C. The Hall–Kier alpha value is -3.84. The number of rotatable bonds is 7. The molecule has 4 aromatic rings. The fourth-order valence-electron chi connectivity index (χ4n) is 5.50. The Bertz CT molecular complexity index is 1660. The van der Waals surface area contributed by atoms with Crippen LogP contribution < -0.4 is 10.3 Å². The van der Waals surface area contributed by atoms with Gasteiger partial charge in [0.25, 0.3) is 5.56 Å². The minimum Gasteiger partial charge on any atom is -0.496 e. The zero-order valence-electron chi connectivity index (χ0n) is 23.7. The van der Waals surface area contributed by atoms with Crippen LogP contribution in [0.4, 0.5) is 4.79 Å². The number of methoxy groups -OCH3 is 1. The number of aromatic amines is 1. The van der Waals surface area contributed by atoms with Gasteiger partial charge < -0.3 is 19.4 Å². The van der Waals surface area contributed by atoms with Crippen molar-refractivity contribution < 1.29 is 14.3 Å². The smallest absolute Gasteiger partial charge is 0.410 e. The highest BCUT2D eigenvalue weighted by atomic mass is 32.1. The quantitative estimate of drug-likeness (QED) is 0.252. The minimum absolute atomic E-state index is 0.0736. The molecular weight excluding hydrogens is 520 g/mol. The van der Waals surface area contributed by atoms with E-state index in [1.54, 1.807) is 12.0 Å². The first-order valence-electron chi connectivity index (χ1n) is 13.7. The van der Waals surface area contributed by atoms with Crippen molar-refractivity contribution in [2.24, 2.45) is 0 Å². The number of aromatic nitrogens is 1. The van der Waals surface area contributed by atoms with E-state index in [1.807, 2.05) is 51.3 Å². The number of nitrogens with one attached hydrogen (secondary N) is 1. The molecule has 1 unspecified atom stereocenters. The molecular formula is C33H36N2O4S. The third-order valence-corrected chi connectivity index (χ3v) is 8.44. The molecule has 0 radical (unpaired) electrons. The number of ether oxygens (including phenoxy) is 2. The number of fused-ring (bicyclic) bond motifs is 3. The molecule has 0 saturated heterocycles. The Balaban J connectivity index is 1.52. The second-order valence-electron chi connectivity index (χ2n) is 11.2. The van der Waals surface area contributed by atoms with E-state index in [1.165, 1.54) is 16.9 Å². The third kappa shape index (κ3) is 5.30. The predicted molar refractivity (Wildman–Crippen MR) is 165 cm³/mol. The lowest BCUT2D eigenvalue weighted by Crippen LogP contribution is -2.39. The average Bonchev–Trinajstić information content (AvgIpc) is 3.43. The maximum absolute atomic E-state index is 12.8. The zero-order chi connectivity index (χ0) is 28.5. The molecule has 5 rings (SSSR count). The lowest BCUT2D eigenvalue weighted by atomic mass is 9.72. The fraction of sp³-hybridized carbons (Fsp3) is 0.333. The largest absolute Gasteiger partial charge is 0.496 e. The van der Waals surface area contributed by atoms with Crippen LogP contribution in [0.1, 0.15) is 46.1 Å². The first-order chi connectivity index (χ1) is 19.2. The Kier molecular flexibility index (Phi) is 7.60. The highest BCUT2D eigenvalue weighted by Gasteiger charge is 2.31. The van der Waals surface area contributed by atoms with Gasteiger partial charge in [0.05, 0.1) is 7.11 Å². The molecule has 1 atom stereocenters. The van der Waals surface area contributed by atoms with Crippen LogP contribution in [0.2, 0.25) is 0 Å². The molecule has 208 valence electrons. The molecule has 0 saturated carbocycles. The van der Waals surface area contributed by atoms with Crippen LogP contribution in [0, 0.1) is 0 Å². The maximum Gasteiger partial charge on any atom is 0.410 e. The number of carbonyl (C=O) groups is 1. The molecule has 40 heavy (non-hydrogen) atoms. The number of H-pyrrole nitrogens is 1. The van der Waals surface area contributed by atoms with Crippen LogP contribution in [0.3, 0.4) is 0 Å². The van der Waals surface area contributed by atoms with E-state index >= 15 is 0 Å². The molecule has 2 heterocycles. The number of amides is 1. The van der Waals surface area contributed by atoms with E-state index in [0.717, 1.165) is 46.0 Å². The van der Waals surface area contributed by atoms with Crippen molar-refractivity contribution in [2.75, 3.05) is 20.2 Å². The molecule has 0 fully saturated rings. The van der Waals surface area contributed by atoms with Crippen molar-refractivity contribution >= 4 is 38.4 Å². The van der Waals surface area contributed by atoms with Crippen LogP contribution in [-0.2, 0) is 10.2 Å². The third-order valence-electron chi connectivity index (χ3n) is 7.53. The van der Waals surface area contributed by atoms with Crippen LogP contribution in [0.25, 0.3) is 32.1 Å². The molecule has 7 heteroatoms. The van der Waals surface area contributed by atoms with Crippen LogP contribution in [0.5, 0.6) is 5.75 Å². The van der Waals surface area contributed by atoms with Crippen molar-refractivity contribution in [3.63, 3.8) is 0 Å². The van der Waals surface area contributed by atoms with Gasteiger partial charge in [0.15, 0.2) is 0 Å². The van der Waals surface area contributed by atoms with Crippen molar-refractivity contribution in [3.8, 4) is 16.9 Å². The Morgan fingerprint density at radius 2 is 1.88 bits per heavy atom. The normalized spacial score (nSPS) is 16.9. The summed E-state index contributed by atoms with van der Waals surface area (Å²) >= 11 is 1.45. The van der Waals surface area contributed by atoms with Crippen LogP contribution in [-0.4, -0.2) is 41.8 Å². The number of pyridine rings is 1. The number of carbonyl (C=O) groups excluding carboxylic acids is 1. The lowest BCUT2D eigenvalue weighted by Gasteiger charge is -2.35. The van der Waals surface area contributed by atoms with Gasteiger partial charge in [0.1, 0.15) is 16.1 Å². The van der Waals surface area contributed by atoms with Crippen LogP contribution >= 0.6 is 11.3 Å². The number of benzene rings is 2. The van der Waals surface area contributed by atoms with Gasteiger partial charge in [0.2, 0.25) is 0 Å². The molecule has 2 aromatic carbocycles. The lowest BCUT2D eigenvalue weighted by molar-refractivity contribution is 0.0250. The van der Waals surface area contributed by atoms with Gasteiger partial charge in [0, 0.05) is 40.4 Å². The molecule has 0 aliphatic heterocycles. The number of hydrogen-bond donors (Lipinski definition) is 1. The molecule has 1 aliphatic carbocycles. The van der Waals surface area contributed by atoms with Gasteiger partial charge in [-0.2, -0.15) is 0 Å². The molecule has 1 amide bonds. The van der Waals surface area contributed by atoms with Gasteiger partial charge in [-0.25, -0.2) is 4.79 Å². The summed E-state index contributed by atoms with van der Waals surface area (Å²) in [5.74, 6) is 0.756. The molecule has 0 spiro atoms. The maximum atomic E-state index is 12.8. The van der Waals surface area contributed by atoms with E-state index in [2.05, 4.69) is 53.6 Å². The Morgan fingerprint density at radius 1 is 1.10 bits per heavy atom. The van der Waals surface area contributed by atoms with Crippen molar-refractivity contribution in [3.05, 3.63) is 88.1 Å². The van der Waals surface area contributed by atoms with Crippen molar-refractivity contribution in [2.45, 2.75) is 51.6 Å². The summed E-state index contributed by atoms with van der Waals surface area (Å²) in [6.45, 7) is 8.83. The summed E-state index contributed by atoms with van der Waals surface area (Å²) in [4.78, 5) is 30.3. The first-order valence-corrected chi connectivity index (χ1v) is 14.6. The van der Waals surface area contributed by atoms with E-state index < -0.39 is 5.60 Å². The number of allylic oxidation sites excluding steroid dienone is 4. The summed E-state index contributed by atoms with van der Waals surface area (Å²) in [6, 6.07) is 14.4. The summed E-state index contributed by atoms with van der Waals surface area (Å²) in [5.41, 5.74) is 3.10. The number of thiophene rings is 1. The van der Waals surface area contributed by atoms with Crippen LogP contribution in [0.15, 0.2) is 76.9 Å². The second kappa shape index (κ2) is 11.0. The van der Waals surface area contributed by atoms with Gasteiger partial charge in [-0.1, -0.05) is 48.6 Å². The minimum atomic E-state index is -0.532. The summed E-state index contributed by atoms with van der Waals surface area (Å²) < 4.78 is 12.2. The fourth-order valence-corrected chi connectivity index (χ4v) is 6.30. The van der Waals surface area contributed by atoms with Crippen molar-refractivity contribution in [1.82, 2.24) is 9.88 Å².